The van der Waals surface area contributed by atoms with E-state index in [4.69, 9.17) is 4.52 Å². The topological polar surface area (TPSA) is 76.3 Å². The highest BCUT2D eigenvalue weighted by Crippen LogP contribution is 2.40. The van der Waals surface area contributed by atoms with E-state index in [-0.39, 0.29) is 10.3 Å². The normalized spacial score (nSPS) is 14.8. The van der Waals surface area contributed by atoms with Crippen molar-refractivity contribution in [1.82, 2.24) is 10.1 Å². The summed E-state index contributed by atoms with van der Waals surface area (Å²) in [6.45, 7) is 6.45. The Balaban J connectivity index is 1.77. The highest BCUT2D eigenvalue weighted by atomic mass is 32.2. The lowest BCUT2D eigenvalue weighted by Crippen LogP contribution is -2.35. The number of sulfonamides is 1. The molecule has 1 aliphatic heterocycles. The Hall–Kier alpha value is -2.32. The first kappa shape index (κ1) is 19.0. The number of fused-ring (bicyclic) bond motifs is 1. The number of rotatable bonds is 3. The fourth-order valence-corrected chi connectivity index (χ4v) is 5.59. The van der Waals surface area contributed by atoms with Gasteiger partial charge in [-0.2, -0.15) is 4.98 Å². The van der Waals surface area contributed by atoms with Crippen LogP contribution in [0, 0.1) is 0 Å². The maximum atomic E-state index is 13.2. The molecule has 4 rings (SSSR count). The molecule has 0 atom stereocenters. The number of hydrogen-bond acceptors (Lipinski definition) is 6. The molecular formula is C20H21N3O3S2. The molecule has 0 aliphatic carbocycles. The van der Waals surface area contributed by atoms with E-state index in [9.17, 15) is 8.42 Å². The van der Waals surface area contributed by atoms with Crippen molar-refractivity contribution in [3.05, 3.63) is 54.4 Å². The maximum absolute atomic E-state index is 13.2. The smallest absolute Gasteiger partial charge is 0.264 e. The Kier molecular flexibility index (Phi) is 4.71. The summed E-state index contributed by atoms with van der Waals surface area (Å²) >= 11 is 1.64. The molecule has 28 heavy (non-hydrogen) atoms. The van der Waals surface area contributed by atoms with Crippen molar-refractivity contribution in [1.29, 1.82) is 0 Å². The van der Waals surface area contributed by atoms with Crippen LogP contribution in [0.2, 0.25) is 0 Å². The Bertz CT molecular complexity index is 1100. The largest absolute Gasteiger partial charge is 0.334 e. The second kappa shape index (κ2) is 6.93. The van der Waals surface area contributed by atoms with E-state index >= 15 is 0 Å². The van der Waals surface area contributed by atoms with Gasteiger partial charge >= 0.3 is 0 Å². The van der Waals surface area contributed by atoms with E-state index in [0.29, 0.717) is 35.3 Å². The minimum Gasteiger partial charge on any atom is -0.334 e. The lowest BCUT2D eigenvalue weighted by Gasteiger charge is -2.30. The molecule has 146 valence electrons. The third-order valence-electron chi connectivity index (χ3n) is 4.45. The predicted molar refractivity (Wildman–Crippen MR) is 110 cm³/mol. The fourth-order valence-electron chi connectivity index (χ4n) is 2.94. The van der Waals surface area contributed by atoms with Crippen LogP contribution in [0.15, 0.2) is 62.8 Å². The number of aromatic nitrogens is 2. The lowest BCUT2D eigenvalue weighted by molar-refractivity contribution is 0.402. The number of thioether (sulfide) groups is 1. The van der Waals surface area contributed by atoms with E-state index in [0.717, 1.165) is 4.90 Å². The third kappa shape index (κ3) is 3.42. The van der Waals surface area contributed by atoms with Gasteiger partial charge in [0.25, 0.3) is 15.9 Å². The van der Waals surface area contributed by atoms with E-state index in [1.54, 1.807) is 42.1 Å². The summed E-state index contributed by atoms with van der Waals surface area (Å²) in [5.41, 5.74) is 1.12. The van der Waals surface area contributed by atoms with Crippen LogP contribution in [-0.2, 0) is 15.4 Å². The Morgan fingerprint density at radius 3 is 2.54 bits per heavy atom. The molecule has 0 N–H and O–H groups in total. The molecule has 0 saturated carbocycles. The molecule has 0 fully saturated rings. The van der Waals surface area contributed by atoms with Crippen molar-refractivity contribution in [3.63, 3.8) is 0 Å². The lowest BCUT2D eigenvalue weighted by atomic mass is 9.96. The van der Waals surface area contributed by atoms with Crippen LogP contribution in [0.3, 0.4) is 0 Å². The van der Waals surface area contributed by atoms with Gasteiger partial charge in [0.2, 0.25) is 0 Å². The molecule has 0 spiro atoms. The number of benzene rings is 2. The van der Waals surface area contributed by atoms with Crippen LogP contribution in [0.1, 0.15) is 26.6 Å². The first-order valence-corrected chi connectivity index (χ1v) is 11.4. The quantitative estimate of drug-likeness (QED) is 0.633. The summed E-state index contributed by atoms with van der Waals surface area (Å²) in [6, 6.07) is 14.1. The van der Waals surface area contributed by atoms with E-state index in [1.165, 1.54) is 4.31 Å². The first-order chi connectivity index (χ1) is 13.3. The summed E-state index contributed by atoms with van der Waals surface area (Å²) < 4.78 is 33.3. The fraction of sp³-hybridized carbons (Fsp3) is 0.300. The summed E-state index contributed by atoms with van der Waals surface area (Å²) in [6.07, 6.45) is 0. The van der Waals surface area contributed by atoms with Crippen molar-refractivity contribution < 1.29 is 12.9 Å². The maximum Gasteiger partial charge on any atom is 0.264 e. The van der Waals surface area contributed by atoms with Crippen LogP contribution >= 0.6 is 11.8 Å². The zero-order valence-electron chi connectivity index (χ0n) is 15.9. The number of anilines is 1. The third-order valence-corrected chi connectivity index (χ3v) is 7.32. The number of hydrogen-bond donors (Lipinski definition) is 0. The molecule has 2 heterocycles. The van der Waals surface area contributed by atoms with Gasteiger partial charge in [0, 0.05) is 28.2 Å². The molecule has 1 aromatic heterocycles. The standard InChI is InChI=1S/C20H21N3O3S2/c1-20(2,3)19-21-18(26-22-19)14-9-10-17-16(13-14)23(11-12-27-17)28(24,25)15-7-5-4-6-8-15/h4-10,13H,11-12H2,1-3H3. The molecule has 2 aromatic carbocycles. The minimum atomic E-state index is -3.64. The van der Waals surface area contributed by atoms with Gasteiger partial charge in [0.1, 0.15) is 0 Å². The van der Waals surface area contributed by atoms with Crippen LogP contribution in [-0.4, -0.2) is 30.9 Å². The van der Waals surface area contributed by atoms with Crippen LogP contribution < -0.4 is 4.31 Å². The van der Waals surface area contributed by atoms with Crippen molar-refractivity contribution in [2.45, 2.75) is 36.0 Å². The van der Waals surface area contributed by atoms with Crippen molar-refractivity contribution in [3.8, 4) is 11.5 Å². The van der Waals surface area contributed by atoms with E-state index < -0.39 is 10.0 Å². The zero-order valence-corrected chi connectivity index (χ0v) is 17.5. The Morgan fingerprint density at radius 2 is 1.86 bits per heavy atom. The molecule has 6 nitrogen and oxygen atoms in total. The van der Waals surface area contributed by atoms with Gasteiger partial charge in [-0.1, -0.05) is 44.1 Å². The van der Waals surface area contributed by atoms with Gasteiger partial charge in [-0.25, -0.2) is 8.42 Å². The van der Waals surface area contributed by atoms with Gasteiger partial charge in [-0.3, -0.25) is 4.31 Å². The van der Waals surface area contributed by atoms with Gasteiger partial charge in [0.15, 0.2) is 5.82 Å². The summed E-state index contributed by atoms with van der Waals surface area (Å²) in [4.78, 5) is 5.70. The van der Waals surface area contributed by atoms with Crippen molar-refractivity contribution >= 4 is 27.5 Å². The average Bonchev–Trinajstić information content (AvgIpc) is 3.18. The van der Waals surface area contributed by atoms with Gasteiger partial charge < -0.3 is 4.52 Å². The highest BCUT2D eigenvalue weighted by molar-refractivity contribution is 8.00. The molecule has 0 radical (unpaired) electrons. The van der Waals surface area contributed by atoms with Gasteiger partial charge in [-0.15, -0.1) is 11.8 Å². The molecule has 0 amide bonds. The summed E-state index contributed by atoms with van der Waals surface area (Å²) in [5.74, 6) is 1.70. The van der Waals surface area contributed by atoms with Gasteiger partial charge in [0.05, 0.1) is 10.6 Å². The molecule has 1 aliphatic rings. The van der Waals surface area contributed by atoms with E-state index in [2.05, 4.69) is 10.1 Å². The minimum absolute atomic E-state index is 0.228. The number of nitrogens with zero attached hydrogens (tertiary/aromatic N) is 3. The zero-order chi connectivity index (χ0) is 19.9. The molecule has 0 bridgehead atoms. The van der Waals surface area contributed by atoms with Crippen molar-refractivity contribution in [2.24, 2.45) is 0 Å². The predicted octanol–water partition coefficient (Wildman–Crippen LogP) is 4.34. The second-order valence-corrected chi connectivity index (χ2v) is 10.6. The van der Waals surface area contributed by atoms with Crippen molar-refractivity contribution in [2.75, 3.05) is 16.6 Å². The van der Waals surface area contributed by atoms with Crippen LogP contribution in [0.25, 0.3) is 11.5 Å². The SMILES string of the molecule is CC(C)(C)c1noc(-c2ccc3c(c2)N(S(=O)(=O)c2ccccc2)CCS3)n1. The monoisotopic (exact) mass is 415 g/mol. The molecular weight excluding hydrogens is 394 g/mol. The molecule has 0 saturated heterocycles. The Labute approximate surface area is 169 Å². The molecule has 0 unspecified atom stereocenters. The van der Waals surface area contributed by atoms with Gasteiger partial charge in [-0.05, 0) is 30.3 Å². The Morgan fingerprint density at radius 1 is 1.11 bits per heavy atom. The first-order valence-electron chi connectivity index (χ1n) is 8.96. The molecule has 3 aromatic rings. The van der Waals surface area contributed by atoms with Crippen LogP contribution in [0.4, 0.5) is 5.69 Å². The molecule has 8 heteroatoms. The summed E-state index contributed by atoms with van der Waals surface area (Å²) in [7, 11) is -3.64. The summed E-state index contributed by atoms with van der Waals surface area (Å²) in [5, 5.41) is 4.07. The average molecular weight is 416 g/mol. The van der Waals surface area contributed by atoms with Crippen LogP contribution in [0.5, 0.6) is 0 Å². The van der Waals surface area contributed by atoms with E-state index in [1.807, 2.05) is 39.0 Å². The highest BCUT2D eigenvalue weighted by Gasteiger charge is 2.30. The second-order valence-electron chi connectivity index (χ2n) is 7.59.